The molecule has 0 N–H and O–H groups in total. The molecule has 0 aliphatic rings. The number of nitrogens with zero attached hydrogens (tertiary/aromatic N) is 2. The van der Waals surface area contributed by atoms with Crippen LogP contribution in [0.3, 0.4) is 0 Å². The fraction of sp³-hybridized carbons (Fsp3) is 0.500. The van der Waals surface area contributed by atoms with Gasteiger partial charge in [0, 0.05) is 6.54 Å². The molecule has 0 aliphatic carbocycles. The molecule has 0 saturated heterocycles. The van der Waals surface area contributed by atoms with Gasteiger partial charge in [0.2, 0.25) is 0 Å². The maximum atomic E-state index is 12.7. The smallest absolute Gasteiger partial charge is 0.256 e. The van der Waals surface area contributed by atoms with Crippen LogP contribution in [0.15, 0.2) is 11.2 Å². The molecule has 0 spiro atoms. The highest BCUT2D eigenvalue weighted by Gasteiger charge is 2.15. The minimum Gasteiger partial charge on any atom is -0.256 e. The molecule has 0 atom stereocenters. The zero-order valence-corrected chi connectivity index (χ0v) is 7.11. The molecule has 1 heterocycles. The predicted molar refractivity (Wildman–Crippen MR) is 39.7 cm³/mol. The van der Waals surface area contributed by atoms with Gasteiger partial charge in [-0.3, -0.25) is 4.68 Å². The number of hydrogen-bond acceptors (Lipinski definition) is 2. The quantitative estimate of drug-likeness (QED) is 0.690. The number of hydrogen-bond donors (Lipinski definition) is 0. The van der Waals surface area contributed by atoms with Crippen molar-refractivity contribution in [1.82, 2.24) is 9.78 Å². The Labute approximate surface area is 71.8 Å². The van der Waals surface area contributed by atoms with E-state index >= 15 is 0 Å². The molecule has 0 fully saturated rings. The van der Waals surface area contributed by atoms with E-state index in [0.717, 1.165) is 6.20 Å². The molecule has 0 aliphatic heterocycles. The summed E-state index contributed by atoms with van der Waals surface area (Å²) in [4.78, 5) is 0. The Morgan fingerprint density at radius 3 is 2.83 bits per heavy atom. The molecule has 68 valence electrons. The first kappa shape index (κ1) is 9.44. The molecular weight excluding hydrogens is 189 g/mol. The average Bonchev–Trinajstić information content (AvgIpc) is 2.32. The SMILES string of the molecule is CCn1ncc(F)c1SC(F)F. The van der Waals surface area contributed by atoms with Gasteiger partial charge in [-0.25, -0.2) is 4.39 Å². The maximum absolute atomic E-state index is 12.7. The van der Waals surface area contributed by atoms with Crippen LogP contribution in [-0.4, -0.2) is 15.5 Å². The zero-order valence-electron chi connectivity index (χ0n) is 6.30. The highest BCUT2D eigenvalue weighted by atomic mass is 32.2. The summed E-state index contributed by atoms with van der Waals surface area (Å²) in [5, 5.41) is 3.47. The summed E-state index contributed by atoms with van der Waals surface area (Å²) in [5.74, 6) is -3.30. The van der Waals surface area contributed by atoms with Crippen molar-refractivity contribution in [2.45, 2.75) is 24.3 Å². The van der Waals surface area contributed by atoms with E-state index in [2.05, 4.69) is 5.10 Å². The monoisotopic (exact) mass is 196 g/mol. The average molecular weight is 196 g/mol. The van der Waals surface area contributed by atoms with E-state index in [-0.39, 0.29) is 16.8 Å². The summed E-state index contributed by atoms with van der Waals surface area (Å²) in [6.07, 6.45) is 0.939. The Bertz CT molecular complexity index is 261. The first-order valence-corrected chi connectivity index (χ1v) is 4.19. The van der Waals surface area contributed by atoms with Crippen molar-refractivity contribution < 1.29 is 13.2 Å². The summed E-state index contributed by atoms with van der Waals surface area (Å²) >= 11 is 0.175. The highest BCUT2D eigenvalue weighted by molar-refractivity contribution is 7.99. The second-order valence-electron chi connectivity index (χ2n) is 1.99. The number of aryl methyl sites for hydroxylation is 1. The summed E-state index contributed by atoms with van der Waals surface area (Å²) in [7, 11) is 0. The van der Waals surface area contributed by atoms with Gasteiger partial charge in [-0.1, -0.05) is 0 Å². The van der Waals surface area contributed by atoms with Crippen molar-refractivity contribution in [3.63, 3.8) is 0 Å². The fourth-order valence-electron chi connectivity index (χ4n) is 0.778. The van der Waals surface area contributed by atoms with Crippen LogP contribution < -0.4 is 0 Å². The van der Waals surface area contributed by atoms with Gasteiger partial charge in [-0.05, 0) is 18.7 Å². The van der Waals surface area contributed by atoms with Crippen LogP contribution in [0.25, 0.3) is 0 Å². The molecule has 1 aromatic heterocycles. The molecule has 0 bridgehead atoms. The second-order valence-corrected chi connectivity index (χ2v) is 2.97. The number of thioether (sulfide) groups is 1. The van der Waals surface area contributed by atoms with E-state index in [1.165, 1.54) is 4.68 Å². The molecule has 0 unspecified atom stereocenters. The zero-order chi connectivity index (χ0) is 9.14. The van der Waals surface area contributed by atoms with Crippen LogP contribution in [0.4, 0.5) is 13.2 Å². The van der Waals surface area contributed by atoms with E-state index in [4.69, 9.17) is 0 Å². The van der Waals surface area contributed by atoms with Gasteiger partial charge in [0.05, 0.1) is 6.20 Å². The molecule has 0 aromatic carbocycles. The minimum atomic E-state index is -2.61. The molecule has 0 saturated carbocycles. The number of alkyl halides is 2. The van der Waals surface area contributed by atoms with E-state index < -0.39 is 11.6 Å². The standard InChI is InChI=1S/C6H7F3N2S/c1-2-11-5(12-6(8)9)4(7)3-10-11/h3,6H,2H2,1H3. The van der Waals surface area contributed by atoms with Crippen molar-refractivity contribution >= 4 is 11.8 Å². The molecule has 2 nitrogen and oxygen atoms in total. The fourth-order valence-corrected chi connectivity index (χ4v) is 1.41. The third-order valence-electron chi connectivity index (χ3n) is 1.25. The Morgan fingerprint density at radius 1 is 1.67 bits per heavy atom. The lowest BCUT2D eigenvalue weighted by Crippen LogP contribution is -1.99. The number of rotatable bonds is 3. The van der Waals surface area contributed by atoms with Gasteiger partial charge >= 0.3 is 0 Å². The van der Waals surface area contributed by atoms with E-state index in [0.29, 0.717) is 6.54 Å². The first-order chi connectivity index (χ1) is 5.65. The van der Waals surface area contributed by atoms with Gasteiger partial charge in [-0.15, -0.1) is 0 Å². The van der Waals surface area contributed by atoms with Crippen molar-refractivity contribution in [3.05, 3.63) is 12.0 Å². The molecule has 1 aromatic rings. The predicted octanol–water partition coefficient (Wildman–Crippen LogP) is 2.36. The maximum Gasteiger partial charge on any atom is 0.290 e. The van der Waals surface area contributed by atoms with Gasteiger partial charge in [0.15, 0.2) is 5.82 Å². The third-order valence-corrected chi connectivity index (χ3v) is 2.06. The van der Waals surface area contributed by atoms with Crippen LogP contribution in [-0.2, 0) is 6.54 Å². The van der Waals surface area contributed by atoms with Crippen LogP contribution >= 0.6 is 11.8 Å². The van der Waals surface area contributed by atoms with Crippen molar-refractivity contribution in [3.8, 4) is 0 Å². The van der Waals surface area contributed by atoms with Crippen LogP contribution in [0.5, 0.6) is 0 Å². The largest absolute Gasteiger partial charge is 0.290 e. The van der Waals surface area contributed by atoms with E-state index in [1.54, 1.807) is 6.92 Å². The summed E-state index contributed by atoms with van der Waals surface area (Å²) in [6, 6.07) is 0. The normalized spacial score (nSPS) is 11.1. The summed E-state index contributed by atoms with van der Waals surface area (Å²) in [6.45, 7) is 2.10. The minimum absolute atomic E-state index is 0.104. The Hall–Kier alpha value is -0.650. The Morgan fingerprint density at radius 2 is 2.33 bits per heavy atom. The molecule has 1 rings (SSSR count). The summed E-state index contributed by atoms with van der Waals surface area (Å²) < 4.78 is 37.6. The van der Waals surface area contributed by atoms with E-state index in [9.17, 15) is 13.2 Å². The van der Waals surface area contributed by atoms with Crippen molar-refractivity contribution in [2.24, 2.45) is 0 Å². The molecule has 0 radical (unpaired) electrons. The lowest BCUT2D eigenvalue weighted by Gasteiger charge is -2.02. The van der Waals surface area contributed by atoms with Gasteiger partial charge in [0.1, 0.15) is 5.03 Å². The highest BCUT2D eigenvalue weighted by Crippen LogP contribution is 2.27. The Kier molecular flexibility index (Phi) is 3.02. The molecule has 6 heteroatoms. The van der Waals surface area contributed by atoms with Crippen LogP contribution in [0.2, 0.25) is 0 Å². The van der Waals surface area contributed by atoms with Gasteiger partial charge < -0.3 is 0 Å². The van der Waals surface area contributed by atoms with Crippen molar-refractivity contribution in [1.29, 1.82) is 0 Å². The number of aromatic nitrogens is 2. The van der Waals surface area contributed by atoms with Crippen molar-refractivity contribution in [2.75, 3.05) is 0 Å². The van der Waals surface area contributed by atoms with Gasteiger partial charge in [0.25, 0.3) is 5.76 Å². The third kappa shape index (κ3) is 1.94. The Balaban J connectivity index is 2.86. The number of halogens is 3. The molecule has 0 amide bonds. The van der Waals surface area contributed by atoms with Gasteiger partial charge in [-0.2, -0.15) is 13.9 Å². The second kappa shape index (κ2) is 3.84. The van der Waals surface area contributed by atoms with Crippen LogP contribution in [0, 0.1) is 5.82 Å². The first-order valence-electron chi connectivity index (χ1n) is 3.31. The lowest BCUT2D eigenvalue weighted by atomic mass is 10.7. The molecule has 12 heavy (non-hydrogen) atoms. The molecular formula is C6H7F3N2S. The lowest BCUT2D eigenvalue weighted by molar-refractivity contribution is 0.251. The van der Waals surface area contributed by atoms with E-state index in [1.807, 2.05) is 0 Å². The summed E-state index contributed by atoms with van der Waals surface area (Å²) in [5.41, 5.74) is 0. The van der Waals surface area contributed by atoms with Crippen LogP contribution in [0.1, 0.15) is 6.92 Å². The topological polar surface area (TPSA) is 17.8 Å².